The van der Waals surface area contributed by atoms with Crippen LogP contribution < -0.4 is 5.32 Å². The first kappa shape index (κ1) is 11.7. The van der Waals surface area contributed by atoms with Crippen molar-refractivity contribution in [1.29, 1.82) is 5.26 Å². The summed E-state index contributed by atoms with van der Waals surface area (Å²) in [5.41, 5.74) is 0. The lowest BCUT2D eigenvalue weighted by atomic mass is 9.99. The fraction of sp³-hybridized carbons (Fsp3) is 0.700. The summed E-state index contributed by atoms with van der Waals surface area (Å²) in [6.07, 6.45) is 0.521. The van der Waals surface area contributed by atoms with Gasteiger partial charge < -0.3 is 5.32 Å². The number of nitrogens with zero attached hydrogens (tertiary/aromatic N) is 2. The van der Waals surface area contributed by atoms with E-state index in [0.29, 0.717) is 19.5 Å². The molecule has 1 amide bonds. The molecule has 0 aromatic carbocycles. The lowest BCUT2D eigenvalue weighted by Crippen LogP contribution is -2.44. The van der Waals surface area contributed by atoms with E-state index >= 15 is 0 Å². The van der Waals surface area contributed by atoms with Gasteiger partial charge in [-0.1, -0.05) is 6.92 Å². The average molecular weight is 209 g/mol. The Bertz CT molecular complexity index is 296. The molecule has 1 heterocycles. The average Bonchev–Trinajstić information content (AvgIpc) is 2.20. The number of nitriles is 1. The van der Waals surface area contributed by atoms with Gasteiger partial charge in [0.15, 0.2) is 0 Å². The number of likely N-dealkylation sites (tertiary alicyclic amines) is 1. The highest BCUT2D eigenvalue weighted by Crippen LogP contribution is 2.11. The van der Waals surface area contributed by atoms with Crippen molar-refractivity contribution in [3.8, 4) is 6.07 Å². The van der Waals surface area contributed by atoms with Gasteiger partial charge in [-0.15, -0.1) is 0 Å². The lowest BCUT2D eigenvalue weighted by Gasteiger charge is -2.29. The predicted octanol–water partition coefficient (Wildman–Crippen LogP) is -0.463. The maximum atomic E-state index is 11.3. The van der Waals surface area contributed by atoms with Crippen molar-refractivity contribution >= 4 is 11.7 Å². The summed E-state index contributed by atoms with van der Waals surface area (Å²) in [7, 11) is 0. The van der Waals surface area contributed by atoms with E-state index in [4.69, 9.17) is 5.26 Å². The lowest BCUT2D eigenvalue weighted by molar-refractivity contribution is -0.128. The van der Waals surface area contributed by atoms with E-state index in [0.717, 1.165) is 0 Å². The molecule has 0 radical (unpaired) electrons. The SMILES string of the molecule is CC1CN(CC(=O)NCC#N)CCC1=O. The van der Waals surface area contributed by atoms with E-state index in [2.05, 4.69) is 5.32 Å². The van der Waals surface area contributed by atoms with Gasteiger partial charge in [0.1, 0.15) is 12.3 Å². The number of nitrogens with one attached hydrogen (secondary N) is 1. The largest absolute Gasteiger partial charge is 0.342 e. The molecule has 1 unspecified atom stereocenters. The first-order valence-electron chi connectivity index (χ1n) is 5.02. The maximum Gasteiger partial charge on any atom is 0.235 e. The molecule has 0 saturated carbocycles. The van der Waals surface area contributed by atoms with Crippen LogP contribution in [-0.4, -0.2) is 42.8 Å². The Labute approximate surface area is 89.0 Å². The monoisotopic (exact) mass is 209 g/mol. The number of ketones is 1. The van der Waals surface area contributed by atoms with Crippen LogP contribution >= 0.6 is 0 Å². The van der Waals surface area contributed by atoms with Crippen LogP contribution in [-0.2, 0) is 9.59 Å². The fourth-order valence-corrected chi connectivity index (χ4v) is 1.64. The number of amides is 1. The number of carbonyl (C=O) groups is 2. The zero-order valence-electron chi connectivity index (χ0n) is 8.82. The summed E-state index contributed by atoms with van der Waals surface area (Å²) in [4.78, 5) is 24.4. The van der Waals surface area contributed by atoms with Crippen LogP contribution in [0.5, 0.6) is 0 Å². The second kappa shape index (κ2) is 5.47. The van der Waals surface area contributed by atoms with Crippen molar-refractivity contribution in [3.05, 3.63) is 0 Å². The quantitative estimate of drug-likeness (QED) is 0.638. The summed E-state index contributed by atoms with van der Waals surface area (Å²) in [5.74, 6) is 0.129. The first-order valence-corrected chi connectivity index (χ1v) is 5.02. The van der Waals surface area contributed by atoms with Crippen LogP contribution in [0, 0.1) is 17.2 Å². The van der Waals surface area contributed by atoms with E-state index in [1.165, 1.54) is 0 Å². The van der Waals surface area contributed by atoms with Crippen LogP contribution in [0.1, 0.15) is 13.3 Å². The normalized spacial score (nSPS) is 22.1. The highest BCUT2D eigenvalue weighted by Gasteiger charge is 2.24. The zero-order valence-corrected chi connectivity index (χ0v) is 8.82. The molecule has 1 saturated heterocycles. The summed E-state index contributed by atoms with van der Waals surface area (Å²) >= 11 is 0. The van der Waals surface area contributed by atoms with E-state index in [9.17, 15) is 9.59 Å². The van der Waals surface area contributed by atoms with Crippen LogP contribution in [0.2, 0.25) is 0 Å². The molecule has 0 spiro atoms. The Morgan fingerprint density at radius 3 is 3.07 bits per heavy atom. The van der Waals surface area contributed by atoms with Gasteiger partial charge in [-0.05, 0) is 0 Å². The Balaban J connectivity index is 2.31. The molecule has 1 rings (SSSR count). The Hall–Kier alpha value is -1.41. The highest BCUT2D eigenvalue weighted by molar-refractivity contribution is 5.82. The highest BCUT2D eigenvalue weighted by atomic mass is 16.2. The van der Waals surface area contributed by atoms with Crippen LogP contribution in [0.25, 0.3) is 0 Å². The molecule has 82 valence electrons. The van der Waals surface area contributed by atoms with Crippen molar-refractivity contribution in [3.63, 3.8) is 0 Å². The molecule has 15 heavy (non-hydrogen) atoms. The fourth-order valence-electron chi connectivity index (χ4n) is 1.64. The summed E-state index contributed by atoms with van der Waals surface area (Å²) < 4.78 is 0. The molecule has 0 aliphatic carbocycles. The van der Waals surface area contributed by atoms with Gasteiger partial charge in [0.2, 0.25) is 5.91 Å². The number of rotatable bonds is 3. The molecule has 1 fully saturated rings. The molecule has 1 aliphatic rings. The topological polar surface area (TPSA) is 73.2 Å². The van der Waals surface area contributed by atoms with Crippen molar-refractivity contribution in [1.82, 2.24) is 10.2 Å². The van der Waals surface area contributed by atoms with Gasteiger partial charge in [0, 0.05) is 25.4 Å². The number of hydrogen-bond donors (Lipinski definition) is 1. The van der Waals surface area contributed by atoms with Crippen molar-refractivity contribution in [2.45, 2.75) is 13.3 Å². The molecule has 5 heteroatoms. The molecule has 1 N–H and O–H groups in total. The minimum absolute atomic E-state index is 0.0162. The van der Waals surface area contributed by atoms with Gasteiger partial charge in [0.05, 0.1) is 12.6 Å². The van der Waals surface area contributed by atoms with Crippen molar-refractivity contribution in [2.24, 2.45) is 5.92 Å². The predicted molar refractivity (Wildman–Crippen MR) is 53.9 cm³/mol. The summed E-state index contributed by atoms with van der Waals surface area (Å²) in [5, 5.41) is 10.8. The van der Waals surface area contributed by atoms with Crippen LogP contribution in [0.15, 0.2) is 0 Å². The third-order valence-corrected chi connectivity index (χ3v) is 2.49. The number of Topliss-reactive ketones (excluding diaryl/α,β-unsaturated/α-hetero) is 1. The molecular weight excluding hydrogens is 194 g/mol. The number of hydrogen-bond acceptors (Lipinski definition) is 4. The molecule has 1 aliphatic heterocycles. The summed E-state index contributed by atoms with van der Waals surface area (Å²) in [6.45, 7) is 3.48. The molecule has 0 aromatic heterocycles. The van der Waals surface area contributed by atoms with E-state index < -0.39 is 0 Å². The van der Waals surface area contributed by atoms with Gasteiger partial charge in [-0.25, -0.2) is 0 Å². The van der Waals surface area contributed by atoms with E-state index in [-0.39, 0.29) is 30.7 Å². The molecular formula is C10H15N3O2. The van der Waals surface area contributed by atoms with Crippen LogP contribution in [0.4, 0.5) is 0 Å². The third kappa shape index (κ3) is 3.68. The number of carbonyl (C=O) groups excluding carboxylic acids is 2. The summed E-state index contributed by atoms with van der Waals surface area (Å²) in [6, 6.07) is 1.85. The Kier molecular flexibility index (Phi) is 4.25. The zero-order chi connectivity index (χ0) is 11.3. The van der Waals surface area contributed by atoms with E-state index in [1.807, 2.05) is 17.9 Å². The molecule has 1 atom stereocenters. The van der Waals surface area contributed by atoms with Gasteiger partial charge >= 0.3 is 0 Å². The minimum atomic E-state index is -0.155. The van der Waals surface area contributed by atoms with Gasteiger partial charge in [-0.2, -0.15) is 5.26 Å². The van der Waals surface area contributed by atoms with E-state index in [1.54, 1.807) is 0 Å². The second-order valence-corrected chi connectivity index (χ2v) is 3.79. The first-order chi connectivity index (χ1) is 7.13. The van der Waals surface area contributed by atoms with Crippen molar-refractivity contribution in [2.75, 3.05) is 26.2 Å². The standard InChI is InChI=1S/C10H15N3O2/c1-8-6-13(5-2-9(8)14)7-10(15)12-4-3-11/h8H,2,4-7H2,1H3,(H,12,15). The Morgan fingerprint density at radius 1 is 1.73 bits per heavy atom. The molecule has 0 aromatic rings. The van der Waals surface area contributed by atoms with Gasteiger partial charge in [-0.3, -0.25) is 14.5 Å². The minimum Gasteiger partial charge on any atom is -0.342 e. The number of piperidine rings is 1. The molecule has 5 nitrogen and oxygen atoms in total. The second-order valence-electron chi connectivity index (χ2n) is 3.79. The van der Waals surface area contributed by atoms with Crippen LogP contribution in [0.3, 0.4) is 0 Å². The maximum absolute atomic E-state index is 11.3. The smallest absolute Gasteiger partial charge is 0.235 e. The third-order valence-electron chi connectivity index (χ3n) is 2.49. The molecule has 0 bridgehead atoms. The van der Waals surface area contributed by atoms with Crippen molar-refractivity contribution < 1.29 is 9.59 Å². The Morgan fingerprint density at radius 2 is 2.47 bits per heavy atom. The van der Waals surface area contributed by atoms with Gasteiger partial charge in [0.25, 0.3) is 0 Å².